The zero-order valence-electron chi connectivity index (χ0n) is 10.5. The van der Waals surface area contributed by atoms with Crippen molar-refractivity contribution >= 4 is 22.5 Å². The second kappa shape index (κ2) is 4.95. The van der Waals surface area contributed by atoms with E-state index >= 15 is 0 Å². The van der Waals surface area contributed by atoms with Crippen molar-refractivity contribution in [1.29, 1.82) is 0 Å². The fourth-order valence-electron chi connectivity index (χ4n) is 2.44. The van der Waals surface area contributed by atoms with Crippen molar-refractivity contribution in [2.75, 3.05) is 11.9 Å². The van der Waals surface area contributed by atoms with Crippen molar-refractivity contribution in [2.24, 2.45) is 5.84 Å². The highest BCUT2D eigenvalue weighted by atomic mass is 16.2. The summed E-state index contributed by atoms with van der Waals surface area (Å²) in [5.41, 5.74) is 1.63. The number of amides is 1. The van der Waals surface area contributed by atoms with Gasteiger partial charge in [-0.15, -0.1) is 0 Å². The maximum absolute atomic E-state index is 12.1. The van der Waals surface area contributed by atoms with E-state index in [1.165, 1.54) is 0 Å². The largest absolute Gasteiger partial charge is 0.323 e. The molecule has 1 aliphatic rings. The molecule has 2 heterocycles. The Kier molecular flexibility index (Phi) is 3.15. The van der Waals surface area contributed by atoms with E-state index in [0.29, 0.717) is 5.69 Å². The van der Waals surface area contributed by atoms with E-state index in [1.807, 2.05) is 30.3 Å². The standard InChI is InChI=1S/C14H16N4O/c15-18-7-3-6-13(18)14(19)17-11-8-10-4-1-2-5-12(10)16-9-11/h1-2,4-5,8-9,13H,3,6-7,15H2,(H,17,19)/t13-/m0/s1. The lowest BCUT2D eigenvalue weighted by molar-refractivity contribution is -0.120. The summed E-state index contributed by atoms with van der Waals surface area (Å²) in [4.78, 5) is 16.4. The lowest BCUT2D eigenvalue weighted by Gasteiger charge is -2.18. The summed E-state index contributed by atoms with van der Waals surface area (Å²) in [6.45, 7) is 0.772. The van der Waals surface area contributed by atoms with Crippen LogP contribution in [0.25, 0.3) is 10.9 Å². The van der Waals surface area contributed by atoms with Crippen LogP contribution in [-0.4, -0.2) is 28.5 Å². The Bertz CT molecular complexity index is 613. The van der Waals surface area contributed by atoms with Crippen LogP contribution in [0.5, 0.6) is 0 Å². The third kappa shape index (κ3) is 2.43. The molecule has 98 valence electrons. The first-order chi connectivity index (χ1) is 9.24. The smallest absolute Gasteiger partial charge is 0.243 e. The van der Waals surface area contributed by atoms with Gasteiger partial charge >= 0.3 is 0 Å². The van der Waals surface area contributed by atoms with Gasteiger partial charge in [0.15, 0.2) is 0 Å². The van der Waals surface area contributed by atoms with Gasteiger partial charge in [-0.05, 0) is 25.0 Å². The van der Waals surface area contributed by atoms with Crippen LogP contribution in [0.3, 0.4) is 0 Å². The average molecular weight is 256 g/mol. The number of carbonyl (C=O) groups excluding carboxylic acids is 1. The van der Waals surface area contributed by atoms with Gasteiger partial charge in [0.2, 0.25) is 5.91 Å². The number of aromatic nitrogens is 1. The molecule has 0 unspecified atom stereocenters. The van der Waals surface area contributed by atoms with E-state index in [0.717, 1.165) is 30.3 Å². The molecule has 1 amide bonds. The van der Waals surface area contributed by atoms with Crippen LogP contribution < -0.4 is 11.2 Å². The van der Waals surface area contributed by atoms with Crippen LogP contribution in [0.15, 0.2) is 36.5 Å². The number of nitrogens with zero attached hydrogens (tertiary/aromatic N) is 2. The van der Waals surface area contributed by atoms with Gasteiger partial charge in [0.25, 0.3) is 0 Å². The highest BCUT2D eigenvalue weighted by molar-refractivity contribution is 5.96. The number of fused-ring (bicyclic) bond motifs is 1. The Morgan fingerprint density at radius 3 is 3.05 bits per heavy atom. The van der Waals surface area contributed by atoms with E-state index in [1.54, 1.807) is 11.2 Å². The number of benzene rings is 1. The summed E-state index contributed by atoms with van der Waals surface area (Å²) in [6.07, 6.45) is 3.45. The summed E-state index contributed by atoms with van der Waals surface area (Å²) < 4.78 is 0. The third-order valence-electron chi connectivity index (χ3n) is 3.45. The summed E-state index contributed by atoms with van der Waals surface area (Å²) in [6, 6.07) is 9.51. The van der Waals surface area contributed by atoms with E-state index in [4.69, 9.17) is 5.84 Å². The predicted molar refractivity (Wildman–Crippen MR) is 74.3 cm³/mol. The topological polar surface area (TPSA) is 71.2 Å². The number of hydrogen-bond acceptors (Lipinski definition) is 4. The van der Waals surface area contributed by atoms with Gasteiger partial charge in [0, 0.05) is 11.9 Å². The number of nitrogens with one attached hydrogen (secondary N) is 1. The van der Waals surface area contributed by atoms with Gasteiger partial charge in [-0.25, -0.2) is 5.01 Å². The molecule has 1 aromatic carbocycles. The summed E-state index contributed by atoms with van der Waals surface area (Å²) in [5.74, 6) is 5.72. The first-order valence-corrected chi connectivity index (χ1v) is 6.41. The molecule has 0 bridgehead atoms. The van der Waals surface area contributed by atoms with Crippen LogP contribution >= 0.6 is 0 Å². The van der Waals surface area contributed by atoms with Gasteiger partial charge in [-0.1, -0.05) is 18.2 Å². The monoisotopic (exact) mass is 256 g/mol. The zero-order valence-corrected chi connectivity index (χ0v) is 10.5. The lowest BCUT2D eigenvalue weighted by atomic mass is 10.2. The molecular weight excluding hydrogens is 240 g/mol. The van der Waals surface area contributed by atoms with Crippen LogP contribution in [0.2, 0.25) is 0 Å². The molecule has 1 fully saturated rings. The van der Waals surface area contributed by atoms with Crippen LogP contribution in [0, 0.1) is 0 Å². The van der Waals surface area contributed by atoms with E-state index in [-0.39, 0.29) is 11.9 Å². The third-order valence-corrected chi connectivity index (χ3v) is 3.45. The molecule has 3 rings (SSSR count). The van der Waals surface area contributed by atoms with E-state index in [9.17, 15) is 4.79 Å². The Balaban J connectivity index is 1.79. The highest BCUT2D eigenvalue weighted by Crippen LogP contribution is 2.18. The molecular formula is C14H16N4O. The van der Waals surface area contributed by atoms with Crippen molar-refractivity contribution in [1.82, 2.24) is 9.99 Å². The molecule has 1 atom stereocenters. The lowest BCUT2D eigenvalue weighted by Crippen LogP contribution is -2.43. The van der Waals surface area contributed by atoms with Gasteiger partial charge < -0.3 is 5.32 Å². The number of anilines is 1. The number of nitrogens with two attached hydrogens (primary N) is 1. The zero-order chi connectivity index (χ0) is 13.2. The van der Waals surface area contributed by atoms with Gasteiger partial charge in [-0.2, -0.15) is 0 Å². The minimum absolute atomic E-state index is 0.0583. The van der Waals surface area contributed by atoms with Crippen LogP contribution in [0.1, 0.15) is 12.8 Å². The first kappa shape index (κ1) is 12.1. The molecule has 0 aliphatic carbocycles. The highest BCUT2D eigenvalue weighted by Gasteiger charge is 2.28. The SMILES string of the molecule is NN1CCC[C@H]1C(=O)Nc1cnc2ccccc2c1. The van der Waals surface area contributed by atoms with Gasteiger partial charge in [-0.3, -0.25) is 15.6 Å². The van der Waals surface area contributed by atoms with Crippen LogP contribution in [0.4, 0.5) is 5.69 Å². The number of para-hydroxylation sites is 1. The predicted octanol–water partition coefficient (Wildman–Crippen LogP) is 1.51. The molecule has 1 saturated heterocycles. The maximum atomic E-state index is 12.1. The number of hydrazine groups is 1. The molecule has 5 heteroatoms. The van der Waals surface area contributed by atoms with E-state index in [2.05, 4.69) is 10.3 Å². The second-order valence-corrected chi connectivity index (χ2v) is 4.80. The average Bonchev–Trinajstić information content (AvgIpc) is 2.85. The fourth-order valence-corrected chi connectivity index (χ4v) is 2.44. The van der Waals surface area contributed by atoms with Crippen molar-refractivity contribution in [2.45, 2.75) is 18.9 Å². The van der Waals surface area contributed by atoms with Gasteiger partial charge in [0.05, 0.1) is 17.4 Å². The summed E-state index contributed by atoms with van der Waals surface area (Å²) in [7, 11) is 0. The quantitative estimate of drug-likeness (QED) is 0.799. The second-order valence-electron chi connectivity index (χ2n) is 4.80. The molecule has 1 aromatic heterocycles. The van der Waals surface area contributed by atoms with Crippen LogP contribution in [-0.2, 0) is 4.79 Å². The molecule has 0 spiro atoms. The molecule has 0 saturated carbocycles. The fraction of sp³-hybridized carbons (Fsp3) is 0.286. The Morgan fingerprint density at radius 1 is 1.42 bits per heavy atom. The van der Waals surface area contributed by atoms with Crippen molar-refractivity contribution in [3.8, 4) is 0 Å². The molecule has 2 aromatic rings. The minimum atomic E-state index is -0.230. The normalized spacial score (nSPS) is 19.7. The van der Waals surface area contributed by atoms with Gasteiger partial charge in [0.1, 0.15) is 6.04 Å². The number of rotatable bonds is 2. The Hall–Kier alpha value is -1.98. The van der Waals surface area contributed by atoms with Crippen molar-refractivity contribution < 1.29 is 4.79 Å². The summed E-state index contributed by atoms with van der Waals surface area (Å²) in [5, 5.41) is 5.49. The minimum Gasteiger partial charge on any atom is -0.323 e. The number of carbonyl (C=O) groups is 1. The number of pyridine rings is 1. The molecule has 3 N–H and O–H groups in total. The van der Waals surface area contributed by atoms with Crippen molar-refractivity contribution in [3.05, 3.63) is 36.5 Å². The molecule has 5 nitrogen and oxygen atoms in total. The molecule has 0 radical (unpaired) electrons. The Morgan fingerprint density at radius 2 is 2.26 bits per heavy atom. The Labute approximate surface area is 111 Å². The maximum Gasteiger partial charge on any atom is 0.243 e. The molecule has 19 heavy (non-hydrogen) atoms. The number of hydrogen-bond donors (Lipinski definition) is 2. The van der Waals surface area contributed by atoms with Crippen molar-refractivity contribution in [3.63, 3.8) is 0 Å². The molecule has 1 aliphatic heterocycles. The first-order valence-electron chi connectivity index (χ1n) is 6.41. The summed E-state index contributed by atoms with van der Waals surface area (Å²) >= 11 is 0. The van der Waals surface area contributed by atoms with E-state index < -0.39 is 0 Å².